The van der Waals surface area contributed by atoms with Crippen molar-refractivity contribution >= 4 is 23.2 Å². The second-order valence-corrected chi connectivity index (χ2v) is 6.96. The van der Waals surface area contributed by atoms with Gasteiger partial charge in [-0.1, -0.05) is 74.5 Å². The molecule has 0 aliphatic carbocycles. The highest BCUT2D eigenvalue weighted by Gasteiger charge is 2.07. The van der Waals surface area contributed by atoms with E-state index in [1.54, 1.807) is 0 Å². The lowest BCUT2D eigenvalue weighted by Gasteiger charge is -2.06. The van der Waals surface area contributed by atoms with Crippen LogP contribution >= 0.6 is 0 Å². The largest absolute Gasteiger partial charge is 0.273 e. The third kappa shape index (κ3) is 8.82. The molecule has 0 fully saturated rings. The minimum Gasteiger partial charge on any atom is -0.273 e. The summed E-state index contributed by atoms with van der Waals surface area (Å²) in [5.74, 6) is -0.568. The Morgan fingerprint density at radius 2 is 1.03 bits per heavy atom. The average molecular weight is 407 g/mol. The van der Waals surface area contributed by atoms with Crippen LogP contribution in [0.15, 0.2) is 70.9 Å². The Bertz CT molecular complexity index is 788. The van der Waals surface area contributed by atoms with Gasteiger partial charge in [0.05, 0.1) is 0 Å². The zero-order valence-electron chi connectivity index (χ0n) is 17.7. The average Bonchev–Trinajstić information content (AvgIpc) is 2.79. The summed E-state index contributed by atoms with van der Waals surface area (Å²) in [5, 5.41) is 8.42. The molecule has 0 radical (unpaired) electrons. The van der Waals surface area contributed by atoms with Crippen molar-refractivity contribution in [3.8, 4) is 0 Å². The number of carbonyl (C=O) groups excluding carboxylic acids is 2. The molecular weight excluding hydrogens is 376 g/mol. The Hall–Kier alpha value is -3.28. The zero-order valence-corrected chi connectivity index (χ0v) is 17.7. The second-order valence-electron chi connectivity index (χ2n) is 6.96. The predicted molar refractivity (Wildman–Crippen MR) is 121 cm³/mol. The number of amides is 2. The van der Waals surface area contributed by atoms with Gasteiger partial charge in [0.2, 0.25) is 11.8 Å². The highest BCUT2D eigenvalue weighted by Crippen LogP contribution is 2.04. The van der Waals surface area contributed by atoms with Gasteiger partial charge in [-0.15, -0.1) is 0 Å². The molecular formula is C24H30N4O2. The van der Waals surface area contributed by atoms with Gasteiger partial charge in [-0.05, 0) is 24.0 Å². The highest BCUT2D eigenvalue weighted by atomic mass is 16.2. The van der Waals surface area contributed by atoms with Crippen molar-refractivity contribution in [1.82, 2.24) is 10.9 Å². The van der Waals surface area contributed by atoms with Gasteiger partial charge in [-0.2, -0.15) is 10.2 Å². The summed E-state index contributed by atoms with van der Waals surface area (Å²) in [4.78, 5) is 24.0. The Labute approximate surface area is 178 Å². The summed E-state index contributed by atoms with van der Waals surface area (Å²) in [6.07, 6.45) is 2.99. The van der Waals surface area contributed by atoms with E-state index >= 15 is 0 Å². The van der Waals surface area contributed by atoms with Crippen LogP contribution in [0, 0.1) is 0 Å². The quantitative estimate of drug-likeness (QED) is 0.436. The molecule has 6 heteroatoms. The van der Waals surface area contributed by atoms with Crippen LogP contribution in [-0.4, -0.2) is 23.2 Å². The molecule has 0 atom stereocenters. The van der Waals surface area contributed by atoms with E-state index in [9.17, 15) is 9.59 Å². The number of carbonyl (C=O) groups is 2. The lowest BCUT2D eigenvalue weighted by molar-refractivity contribution is -0.126. The summed E-state index contributed by atoms with van der Waals surface area (Å²) in [6.45, 7) is 4.00. The molecule has 0 heterocycles. The van der Waals surface area contributed by atoms with Crippen LogP contribution in [0.25, 0.3) is 0 Å². The van der Waals surface area contributed by atoms with Crippen molar-refractivity contribution in [1.29, 1.82) is 0 Å². The Balaban J connectivity index is 1.75. The van der Waals surface area contributed by atoms with Crippen molar-refractivity contribution in [2.75, 3.05) is 0 Å². The lowest BCUT2D eigenvalue weighted by atomic mass is 10.1. The molecule has 0 spiro atoms. The summed E-state index contributed by atoms with van der Waals surface area (Å²) in [7, 11) is 0. The van der Waals surface area contributed by atoms with E-state index in [1.165, 1.54) is 0 Å². The standard InChI is InChI=1S/C24H30N4O2/c1-3-21(17-19-11-7-5-8-12-19)25-27-23(29)15-16-24(30)28-26-22(4-2)18-20-13-9-6-10-14-20/h5-14H,3-4,15-18H2,1-2H3,(H,27,29)(H,28,30). The molecule has 0 bridgehead atoms. The summed E-state index contributed by atoms with van der Waals surface area (Å²) in [5.41, 5.74) is 9.17. The van der Waals surface area contributed by atoms with E-state index in [4.69, 9.17) is 0 Å². The summed E-state index contributed by atoms with van der Waals surface area (Å²) >= 11 is 0. The van der Waals surface area contributed by atoms with Crippen molar-refractivity contribution in [3.05, 3.63) is 71.8 Å². The van der Waals surface area contributed by atoms with Gasteiger partial charge in [0.1, 0.15) is 0 Å². The van der Waals surface area contributed by atoms with Gasteiger partial charge >= 0.3 is 0 Å². The first-order valence-electron chi connectivity index (χ1n) is 10.4. The molecule has 0 unspecified atom stereocenters. The number of hydrazone groups is 2. The smallest absolute Gasteiger partial charge is 0.240 e. The number of hydrogen-bond acceptors (Lipinski definition) is 4. The fraction of sp³-hybridized carbons (Fsp3) is 0.333. The molecule has 158 valence electrons. The number of benzene rings is 2. The first kappa shape index (κ1) is 23.0. The highest BCUT2D eigenvalue weighted by molar-refractivity contribution is 5.90. The molecule has 0 saturated heterocycles. The molecule has 2 amide bonds. The first-order chi connectivity index (χ1) is 14.6. The van der Waals surface area contributed by atoms with E-state index < -0.39 is 0 Å². The monoisotopic (exact) mass is 406 g/mol. The summed E-state index contributed by atoms with van der Waals surface area (Å²) < 4.78 is 0. The van der Waals surface area contributed by atoms with Gasteiger partial charge in [0, 0.05) is 37.1 Å². The van der Waals surface area contributed by atoms with Crippen LogP contribution in [0.1, 0.15) is 50.7 Å². The SMILES string of the molecule is CCC(Cc1ccccc1)=NNC(=O)CCC(=O)NN=C(CC)Cc1ccccc1. The van der Waals surface area contributed by atoms with Gasteiger partial charge in [0.25, 0.3) is 0 Å². The van der Waals surface area contributed by atoms with Gasteiger partial charge in [-0.3, -0.25) is 9.59 Å². The molecule has 6 nitrogen and oxygen atoms in total. The van der Waals surface area contributed by atoms with Crippen LogP contribution in [0.4, 0.5) is 0 Å². The number of nitrogens with zero attached hydrogens (tertiary/aromatic N) is 2. The maximum atomic E-state index is 12.0. The van der Waals surface area contributed by atoms with Gasteiger partial charge in [-0.25, -0.2) is 10.9 Å². The summed E-state index contributed by atoms with van der Waals surface area (Å²) in [6, 6.07) is 20.0. The van der Waals surface area contributed by atoms with Crippen molar-refractivity contribution in [2.24, 2.45) is 10.2 Å². The van der Waals surface area contributed by atoms with Gasteiger partial charge in [0.15, 0.2) is 0 Å². The van der Waals surface area contributed by atoms with Crippen LogP contribution in [0.3, 0.4) is 0 Å². The topological polar surface area (TPSA) is 82.9 Å². The van der Waals surface area contributed by atoms with Crippen LogP contribution in [-0.2, 0) is 22.4 Å². The molecule has 0 saturated carbocycles. The van der Waals surface area contributed by atoms with E-state index in [0.717, 1.165) is 35.4 Å². The molecule has 0 aromatic heterocycles. The van der Waals surface area contributed by atoms with Crippen molar-refractivity contribution < 1.29 is 9.59 Å². The first-order valence-corrected chi connectivity index (χ1v) is 10.4. The van der Waals surface area contributed by atoms with Crippen molar-refractivity contribution in [2.45, 2.75) is 52.4 Å². The minimum atomic E-state index is -0.284. The predicted octanol–water partition coefficient (Wildman–Crippen LogP) is 4.02. The molecule has 0 aliphatic heterocycles. The van der Waals surface area contributed by atoms with E-state index in [1.807, 2.05) is 74.5 Å². The Morgan fingerprint density at radius 1 is 0.667 bits per heavy atom. The Kier molecular flexibility index (Phi) is 10.00. The molecule has 2 aromatic carbocycles. The third-order valence-electron chi connectivity index (χ3n) is 4.57. The maximum absolute atomic E-state index is 12.0. The van der Waals surface area contributed by atoms with E-state index in [-0.39, 0.29) is 24.7 Å². The molecule has 2 N–H and O–H groups in total. The third-order valence-corrected chi connectivity index (χ3v) is 4.57. The van der Waals surface area contributed by atoms with Crippen LogP contribution in [0.2, 0.25) is 0 Å². The van der Waals surface area contributed by atoms with Crippen LogP contribution < -0.4 is 10.9 Å². The zero-order chi connectivity index (χ0) is 21.6. The van der Waals surface area contributed by atoms with E-state index in [2.05, 4.69) is 21.1 Å². The number of rotatable bonds is 11. The Morgan fingerprint density at radius 3 is 1.37 bits per heavy atom. The maximum Gasteiger partial charge on any atom is 0.240 e. The second kappa shape index (κ2) is 13.0. The van der Waals surface area contributed by atoms with Gasteiger partial charge < -0.3 is 0 Å². The normalized spacial score (nSPS) is 11.8. The minimum absolute atomic E-state index is 0.0628. The number of nitrogens with one attached hydrogen (secondary N) is 2. The molecule has 2 rings (SSSR count). The lowest BCUT2D eigenvalue weighted by Crippen LogP contribution is -2.24. The van der Waals surface area contributed by atoms with E-state index in [0.29, 0.717) is 12.8 Å². The molecule has 0 aliphatic rings. The van der Waals surface area contributed by atoms with Crippen molar-refractivity contribution in [3.63, 3.8) is 0 Å². The molecule has 2 aromatic rings. The fourth-order valence-corrected chi connectivity index (χ4v) is 2.77. The van der Waals surface area contributed by atoms with Crippen LogP contribution in [0.5, 0.6) is 0 Å². The molecule has 30 heavy (non-hydrogen) atoms. The number of hydrogen-bond donors (Lipinski definition) is 2. The fourth-order valence-electron chi connectivity index (χ4n) is 2.77.